The van der Waals surface area contributed by atoms with E-state index in [2.05, 4.69) is 11.8 Å². The lowest BCUT2D eigenvalue weighted by molar-refractivity contribution is -0.0131. The molecule has 0 spiro atoms. The van der Waals surface area contributed by atoms with Gasteiger partial charge in [-0.05, 0) is 110 Å². The number of ether oxygens (including phenoxy) is 2. The Morgan fingerprint density at radius 1 is 0.982 bits per heavy atom. The zero-order chi connectivity index (χ0) is 40.0. The van der Waals surface area contributed by atoms with Gasteiger partial charge in [-0.25, -0.2) is 4.99 Å². The number of aliphatic imine (C=N–C) groups is 1. The summed E-state index contributed by atoms with van der Waals surface area (Å²) < 4.78 is 52.1. The number of phenolic OH excluding ortho intramolecular Hbond substituents is 1. The van der Waals surface area contributed by atoms with Crippen molar-refractivity contribution in [1.82, 2.24) is 0 Å². The number of rotatable bonds is 6. The van der Waals surface area contributed by atoms with Crippen molar-refractivity contribution in [2.75, 3.05) is 6.61 Å². The van der Waals surface area contributed by atoms with Crippen LogP contribution in [0.25, 0.3) is 0 Å². The van der Waals surface area contributed by atoms with E-state index in [4.69, 9.17) is 25.9 Å². The molecule has 6 aliphatic heterocycles. The molecule has 57 heavy (non-hydrogen) atoms. The minimum Gasteiger partial charge on any atom is -0.508 e. The largest absolute Gasteiger partial charge is 0.508 e. The summed E-state index contributed by atoms with van der Waals surface area (Å²) in [5.74, 6) is 5.68. The summed E-state index contributed by atoms with van der Waals surface area (Å²) in [7, 11) is -4.57. The first-order valence-electron chi connectivity index (χ1n) is 20.3. The topological polar surface area (TPSA) is 198 Å². The van der Waals surface area contributed by atoms with Gasteiger partial charge in [-0.2, -0.15) is 8.42 Å². The molecule has 302 valence electrons. The van der Waals surface area contributed by atoms with Crippen molar-refractivity contribution < 1.29 is 37.8 Å². The van der Waals surface area contributed by atoms with Gasteiger partial charge in [0.05, 0.1) is 17.0 Å². The van der Waals surface area contributed by atoms with Crippen molar-refractivity contribution in [1.29, 1.82) is 0 Å². The van der Waals surface area contributed by atoms with Gasteiger partial charge >= 0.3 is 0 Å². The highest BCUT2D eigenvalue weighted by molar-refractivity contribution is 7.86. The van der Waals surface area contributed by atoms with Gasteiger partial charge in [-0.1, -0.05) is 73.2 Å². The fourth-order valence-electron chi connectivity index (χ4n) is 10.3. The van der Waals surface area contributed by atoms with Gasteiger partial charge in [0, 0.05) is 42.1 Å². The van der Waals surface area contributed by atoms with Crippen LogP contribution in [0.2, 0.25) is 0 Å². The number of aliphatic hydroxyl groups is 2. The lowest BCUT2D eigenvalue weighted by Gasteiger charge is -2.40. The Labute approximate surface area is 334 Å². The molecule has 11 rings (SSSR count). The zero-order valence-corrected chi connectivity index (χ0v) is 32.9. The number of guanidine groups is 1. The molecule has 8 N–H and O–H groups in total. The molecule has 6 heterocycles. The summed E-state index contributed by atoms with van der Waals surface area (Å²) in [6.45, 7) is -0.0598. The Hall–Kier alpha value is -4.38. The average Bonchev–Trinajstić information content (AvgIpc) is 3.56. The van der Waals surface area contributed by atoms with Crippen LogP contribution in [0.15, 0.2) is 83.4 Å². The maximum absolute atomic E-state index is 13.6. The SMILES string of the molecule is NC(N)=N[C@@]1(CCC2(O)CCCC2)Oc2ccc(cc2)CC[C@@H](S(=O)(=O)O)C2C=C3C[C@H](C[C@H]4C[C@@H](CO)CC#Cc5cc(O)ccc5[C@@H]3O4)[C@H]2c2ccc1cc2. The molecule has 1 saturated carbocycles. The number of phenols is 1. The number of aliphatic hydroxyl groups excluding tert-OH is 1. The van der Waals surface area contributed by atoms with Gasteiger partial charge in [-0.3, -0.25) is 4.55 Å². The third-order valence-corrected chi connectivity index (χ3v) is 14.4. The van der Waals surface area contributed by atoms with E-state index in [1.807, 2.05) is 60.7 Å². The number of fused-ring (bicyclic) bond motifs is 7. The zero-order valence-electron chi connectivity index (χ0n) is 32.1. The maximum atomic E-state index is 13.6. The summed E-state index contributed by atoms with van der Waals surface area (Å²) in [4.78, 5) is 4.75. The van der Waals surface area contributed by atoms with Crippen LogP contribution >= 0.6 is 0 Å². The molecule has 1 saturated heterocycles. The Kier molecular flexibility index (Phi) is 10.9. The van der Waals surface area contributed by atoms with Crippen LogP contribution in [0.5, 0.6) is 11.5 Å². The first kappa shape index (κ1) is 39.4. The average molecular weight is 796 g/mol. The lowest BCUT2D eigenvalue weighted by atomic mass is 9.65. The minimum atomic E-state index is -4.57. The molecular weight excluding hydrogens is 743 g/mol. The van der Waals surface area contributed by atoms with Gasteiger partial charge in [-0.15, -0.1) is 0 Å². The number of allylic oxidation sites excluding steroid dienone is 1. The second-order valence-electron chi connectivity index (χ2n) is 17.0. The van der Waals surface area contributed by atoms with Crippen LogP contribution in [0.3, 0.4) is 0 Å². The molecule has 2 fully saturated rings. The standard InChI is InChI=1S/C45H53N3O8S/c46-43(47)48-45(21-20-44(51)18-1-2-19-44)34-11-9-30(10-12-34)41-32-23-33(26-39(41)40(57(52,53)54)17-8-28-6-14-36(56-45)15-7-28)42-38-16-13-35(50)24-31(38)5-3-4-29(27-49)22-37(25-32)55-42/h6-7,9-16,24,26,29,32,37,39-42,49-51H,1-2,4,8,17-23,25,27H2,(H4,46,47,48)(H,52,53,54)/t29-,32+,37+,39?,40+,41+,42+,45-/m0/s1. The van der Waals surface area contributed by atoms with Gasteiger partial charge in [0.2, 0.25) is 5.72 Å². The van der Waals surface area contributed by atoms with E-state index in [0.29, 0.717) is 74.7 Å². The van der Waals surface area contributed by atoms with Crippen molar-refractivity contribution in [3.8, 4) is 23.3 Å². The first-order valence-corrected chi connectivity index (χ1v) is 21.8. The van der Waals surface area contributed by atoms with Crippen molar-refractivity contribution in [2.45, 2.75) is 112 Å². The Morgan fingerprint density at radius 3 is 2.44 bits per heavy atom. The summed E-state index contributed by atoms with van der Waals surface area (Å²) in [5.41, 5.74) is 14.8. The van der Waals surface area contributed by atoms with Crippen molar-refractivity contribution in [2.24, 2.45) is 34.2 Å². The quantitative estimate of drug-likeness (QED) is 0.0556. The van der Waals surface area contributed by atoms with E-state index in [9.17, 15) is 28.3 Å². The van der Waals surface area contributed by atoms with Crippen LogP contribution < -0.4 is 16.2 Å². The van der Waals surface area contributed by atoms with Crippen molar-refractivity contribution >= 4 is 16.1 Å². The third kappa shape index (κ3) is 8.32. The van der Waals surface area contributed by atoms with E-state index in [1.165, 1.54) is 0 Å². The molecule has 12 heteroatoms. The highest BCUT2D eigenvalue weighted by Crippen LogP contribution is 2.53. The van der Waals surface area contributed by atoms with Gasteiger partial charge in [0.15, 0.2) is 5.96 Å². The first-order chi connectivity index (χ1) is 27.3. The molecule has 1 unspecified atom stereocenters. The predicted molar refractivity (Wildman–Crippen MR) is 217 cm³/mol. The fourth-order valence-corrected chi connectivity index (χ4v) is 11.4. The Balaban J connectivity index is 1.29. The Morgan fingerprint density at radius 2 is 1.74 bits per heavy atom. The molecule has 0 amide bonds. The third-order valence-electron chi connectivity index (χ3n) is 13.1. The highest BCUT2D eigenvalue weighted by Gasteiger charge is 2.48. The fraction of sp³-hybridized carbons (Fsp3) is 0.489. The number of hydrogen-bond donors (Lipinski definition) is 6. The molecule has 8 bridgehead atoms. The van der Waals surface area contributed by atoms with Crippen molar-refractivity contribution in [3.05, 3.63) is 106 Å². The number of aromatic hydroxyl groups is 1. The minimum absolute atomic E-state index is 0.0598. The van der Waals surface area contributed by atoms with E-state index in [-0.39, 0.29) is 48.6 Å². The van der Waals surface area contributed by atoms with E-state index in [0.717, 1.165) is 35.1 Å². The number of aryl methyl sites for hydroxylation is 1. The molecule has 3 aromatic rings. The highest BCUT2D eigenvalue weighted by atomic mass is 32.2. The van der Waals surface area contributed by atoms with E-state index < -0.39 is 38.7 Å². The van der Waals surface area contributed by atoms with Crippen LogP contribution in [0.1, 0.15) is 110 Å². The predicted octanol–water partition coefficient (Wildman–Crippen LogP) is 6.12. The van der Waals surface area contributed by atoms with Crippen LogP contribution in [-0.2, 0) is 27.0 Å². The maximum Gasteiger partial charge on any atom is 0.268 e. The summed E-state index contributed by atoms with van der Waals surface area (Å²) in [6.07, 6.45) is 7.96. The van der Waals surface area contributed by atoms with E-state index in [1.54, 1.807) is 12.1 Å². The van der Waals surface area contributed by atoms with Crippen molar-refractivity contribution in [3.63, 3.8) is 0 Å². The molecular formula is C45H53N3O8S. The molecule has 3 aromatic carbocycles. The van der Waals surface area contributed by atoms with Gasteiger partial charge in [0.25, 0.3) is 10.1 Å². The number of nitrogens with zero attached hydrogens (tertiary/aromatic N) is 1. The monoisotopic (exact) mass is 795 g/mol. The number of hydrogen-bond acceptors (Lipinski definition) is 8. The normalized spacial score (nSPS) is 30.4. The smallest absolute Gasteiger partial charge is 0.268 e. The van der Waals surface area contributed by atoms with Gasteiger partial charge in [0.1, 0.15) is 17.6 Å². The molecule has 8 atom stereocenters. The lowest BCUT2D eigenvalue weighted by Crippen LogP contribution is -2.39. The summed E-state index contributed by atoms with van der Waals surface area (Å²) in [6, 6.07) is 20.4. The summed E-state index contributed by atoms with van der Waals surface area (Å²) in [5, 5.41) is 31.2. The van der Waals surface area contributed by atoms with Crippen LogP contribution in [0, 0.1) is 29.6 Å². The summed E-state index contributed by atoms with van der Waals surface area (Å²) >= 11 is 0. The molecule has 8 aliphatic rings. The molecule has 2 aliphatic carbocycles. The second kappa shape index (κ2) is 15.8. The molecule has 0 radical (unpaired) electrons. The Bertz CT molecular complexity index is 2190. The second-order valence-corrected chi connectivity index (χ2v) is 18.6. The van der Waals surface area contributed by atoms with Crippen LogP contribution in [-0.4, -0.2) is 57.8 Å². The molecule has 0 aromatic heterocycles. The van der Waals surface area contributed by atoms with Crippen LogP contribution in [0.4, 0.5) is 0 Å². The van der Waals surface area contributed by atoms with E-state index >= 15 is 0 Å². The molecule has 11 nitrogen and oxygen atoms in total. The number of nitrogens with two attached hydrogens (primary N) is 2. The van der Waals surface area contributed by atoms with Gasteiger partial charge < -0.3 is 36.3 Å². The number of benzene rings is 3.